The van der Waals surface area contributed by atoms with Gasteiger partial charge in [-0.3, -0.25) is 4.90 Å². The Balaban J connectivity index is 1.47. The van der Waals surface area contributed by atoms with Crippen LogP contribution in [-0.4, -0.2) is 28.2 Å². The molecule has 2 aromatic carbocycles. The Kier molecular flexibility index (Phi) is 5.21. The molecule has 0 N–H and O–H groups in total. The van der Waals surface area contributed by atoms with Crippen LogP contribution in [0.3, 0.4) is 0 Å². The molecular formula is C22H25N3O2. The van der Waals surface area contributed by atoms with Gasteiger partial charge in [0.15, 0.2) is 0 Å². The van der Waals surface area contributed by atoms with Crippen LogP contribution in [0.5, 0.6) is 5.75 Å². The highest BCUT2D eigenvalue weighted by atomic mass is 16.5. The Bertz CT molecular complexity index is 889. The smallest absolute Gasteiger partial charge is 0.241 e. The Morgan fingerprint density at radius 2 is 2.04 bits per heavy atom. The van der Waals surface area contributed by atoms with Crippen LogP contribution in [0.25, 0.3) is 11.4 Å². The summed E-state index contributed by atoms with van der Waals surface area (Å²) >= 11 is 0. The maximum atomic E-state index is 5.55. The Labute approximate surface area is 160 Å². The van der Waals surface area contributed by atoms with Crippen molar-refractivity contribution in [1.82, 2.24) is 15.0 Å². The van der Waals surface area contributed by atoms with Gasteiger partial charge in [0.1, 0.15) is 5.75 Å². The third-order valence-corrected chi connectivity index (χ3v) is 5.02. The molecule has 3 aromatic rings. The molecule has 0 spiro atoms. The van der Waals surface area contributed by atoms with Gasteiger partial charge in [-0.2, -0.15) is 4.98 Å². The molecule has 140 valence electrons. The summed E-state index contributed by atoms with van der Waals surface area (Å²) in [5.41, 5.74) is 3.50. The number of aromatic nitrogens is 2. The molecular weight excluding hydrogens is 338 g/mol. The van der Waals surface area contributed by atoms with Crippen LogP contribution in [-0.2, 0) is 6.54 Å². The molecule has 0 aliphatic carbocycles. The van der Waals surface area contributed by atoms with Crippen molar-refractivity contribution in [2.24, 2.45) is 0 Å². The second-order valence-electron chi connectivity index (χ2n) is 7.01. The molecule has 0 amide bonds. The average molecular weight is 363 g/mol. The van der Waals surface area contributed by atoms with E-state index in [0.29, 0.717) is 30.9 Å². The Hall–Kier alpha value is -2.66. The first-order valence-electron chi connectivity index (χ1n) is 9.59. The van der Waals surface area contributed by atoms with Gasteiger partial charge in [0.25, 0.3) is 0 Å². The molecule has 5 nitrogen and oxygen atoms in total. The molecule has 1 atom stereocenters. The first-order chi connectivity index (χ1) is 13.2. The van der Waals surface area contributed by atoms with Crippen LogP contribution in [0.15, 0.2) is 53.1 Å². The van der Waals surface area contributed by atoms with E-state index in [1.165, 1.54) is 17.5 Å². The van der Waals surface area contributed by atoms with E-state index >= 15 is 0 Å². The summed E-state index contributed by atoms with van der Waals surface area (Å²) in [4.78, 5) is 7.03. The molecule has 0 bridgehead atoms. The van der Waals surface area contributed by atoms with Gasteiger partial charge in [-0.1, -0.05) is 41.1 Å². The van der Waals surface area contributed by atoms with Crippen molar-refractivity contribution in [2.45, 2.75) is 39.3 Å². The second kappa shape index (κ2) is 7.92. The fraction of sp³-hybridized carbons (Fsp3) is 0.364. The van der Waals surface area contributed by atoms with Gasteiger partial charge in [-0.25, -0.2) is 0 Å². The van der Waals surface area contributed by atoms with E-state index in [1.54, 1.807) is 0 Å². The standard InChI is InChI=1S/C22H25N3O2/c1-3-26-19-11-9-17(10-12-19)20-8-5-13-25(20)15-21-23-22(24-27-21)18-7-4-6-16(2)14-18/h4,6-7,9-12,14,20H,3,5,8,13,15H2,1-2H3. The van der Waals surface area contributed by atoms with Gasteiger partial charge in [0.2, 0.25) is 11.7 Å². The zero-order valence-corrected chi connectivity index (χ0v) is 15.9. The summed E-state index contributed by atoms with van der Waals surface area (Å²) in [7, 11) is 0. The summed E-state index contributed by atoms with van der Waals surface area (Å²) < 4.78 is 11.1. The number of hydrogen-bond donors (Lipinski definition) is 0. The van der Waals surface area contributed by atoms with Crippen LogP contribution in [0.4, 0.5) is 0 Å². The minimum Gasteiger partial charge on any atom is -0.494 e. The Morgan fingerprint density at radius 3 is 2.81 bits per heavy atom. The van der Waals surface area contributed by atoms with Crippen molar-refractivity contribution in [3.63, 3.8) is 0 Å². The molecule has 0 saturated carbocycles. The van der Waals surface area contributed by atoms with E-state index < -0.39 is 0 Å². The van der Waals surface area contributed by atoms with Gasteiger partial charge in [-0.05, 0) is 57.0 Å². The number of nitrogens with zero attached hydrogens (tertiary/aromatic N) is 3. The van der Waals surface area contributed by atoms with E-state index in [0.717, 1.165) is 24.3 Å². The van der Waals surface area contributed by atoms with Crippen molar-refractivity contribution in [1.29, 1.82) is 0 Å². The van der Waals surface area contributed by atoms with Gasteiger partial charge in [0.05, 0.1) is 13.2 Å². The summed E-state index contributed by atoms with van der Waals surface area (Å²) in [5.74, 6) is 2.25. The lowest BCUT2D eigenvalue weighted by Gasteiger charge is -2.23. The largest absolute Gasteiger partial charge is 0.494 e. The maximum Gasteiger partial charge on any atom is 0.241 e. The van der Waals surface area contributed by atoms with E-state index in [1.807, 2.05) is 19.1 Å². The molecule has 1 aromatic heterocycles. The molecule has 5 heteroatoms. The summed E-state index contributed by atoms with van der Waals surface area (Å²) in [5, 5.41) is 4.17. The van der Waals surface area contributed by atoms with Crippen LogP contribution in [0, 0.1) is 6.92 Å². The van der Waals surface area contributed by atoms with E-state index in [4.69, 9.17) is 9.26 Å². The van der Waals surface area contributed by atoms with Crippen molar-refractivity contribution in [3.8, 4) is 17.1 Å². The zero-order valence-electron chi connectivity index (χ0n) is 15.9. The van der Waals surface area contributed by atoms with Crippen LogP contribution in [0.1, 0.15) is 42.8 Å². The van der Waals surface area contributed by atoms with Crippen molar-refractivity contribution in [2.75, 3.05) is 13.2 Å². The number of rotatable bonds is 6. The van der Waals surface area contributed by atoms with Crippen LogP contribution < -0.4 is 4.74 Å². The summed E-state index contributed by atoms with van der Waals surface area (Å²) in [6.07, 6.45) is 2.32. The topological polar surface area (TPSA) is 51.4 Å². The van der Waals surface area contributed by atoms with Gasteiger partial charge >= 0.3 is 0 Å². The molecule has 1 saturated heterocycles. The monoisotopic (exact) mass is 363 g/mol. The molecule has 0 radical (unpaired) electrons. The van der Waals surface area contributed by atoms with Gasteiger partial charge in [0, 0.05) is 11.6 Å². The van der Waals surface area contributed by atoms with Crippen molar-refractivity contribution in [3.05, 3.63) is 65.5 Å². The highest BCUT2D eigenvalue weighted by Gasteiger charge is 2.27. The fourth-order valence-electron chi connectivity index (χ4n) is 3.74. The SMILES string of the molecule is CCOc1ccc(C2CCCN2Cc2nc(-c3cccc(C)c3)no2)cc1. The lowest BCUT2D eigenvalue weighted by Crippen LogP contribution is -2.22. The third kappa shape index (κ3) is 4.03. The van der Waals surface area contributed by atoms with E-state index in [2.05, 4.69) is 58.4 Å². The van der Waals surface area contributed by atoms with Crippen molar-refractivity contribution >= 4 is 0 Å². The predicted octanol–water partition coefficient (Wildman–Crippen LogP) is 4.78. The molecule has 27 heavy (non-hydrogen) atoms. The van der Waals surface area contributed by atoms with Crippen LogP contribution in [0.2, 0.25) is 0 Å². The lowest BCUT2D eigenvalue weighted by molar-refractivity contribution is 0.212. The van der Waals surface area contributed by atoms with E-state index in [-0.39, 0.29) is 0 Å². The molecule has 2 heterocycles. The number of benzene rings is 2. The first-order valence-corrected chi connectivity index (χ1v) is 9.59. The number of likely N-dealkylation sites (tertiary alicyclic amines) is 1. The normalized spacial score (nSPS) is 17.3. The maximum absolute atomic E-state index is 5.55. The summed E-state index contributed by atoms with van der Waals surface area (Å²) in [6, 6.07) is 17.0. The molecule has 1 aliphatic heterocycles. The zero-order chi connectivity index (χ0) is 18.6. The highest BCUT2D eigenvalue weighted by Crippen LogP contribution is 2.34. The number of aryl methyl sites for hydroxylation is 1. The predicted molar refractivity (Wildman–Crippen MR) is 104 cm³/mol. The van der Waals surface area contributed by atoms with Crippen LogP contribution >= 0.6 is 0 Å². The van der Waals surface area contributed by atoms with Gasteiger partial charge in [-0.15, -0.1) is 0 Å². The molecule has 1 fully saturated rings. The lowest BCUT2D eigenvalue weighted by atomic mass is 10.0. The molecule has 4 rings (SSSR count). The minimum atomic E-state index is 0.384. The molecule has 1 unspecified atom stereocenters. The third-order valence-electron chi connectivity index (χ3n) is 5.02. The fourth-order valence-corrected chi connectivity index (χ4v) is 3.74. The highest BCUT2D eigenvalue weighted by molar-refractivity contribution is 5.55. The molecule has 1 aliphatic rings. The number of ether oxygens (including phenoxy) is 1. The average Bonchev–Trinajstić information content (AvgIpc) is 3.33. The second-order valence-corrected chi connectivity index (χ2v) is 7.01. The minimum absolute atomic E-state index is 0.384. The van der Waals surface area contributed by atoms with Gasteiger partial charge < -0.3 is 9.26 Å². The number of hydrogen-bond acceptors (Lipinski definition) is 5. The summed E-state index contributed by atoms with van der Waals surface area (Å²) in [6.45, 7) is 6.48. The first kappa shape index (κ1) is 17.7. The van der Waals surface area contributed by atoms with Crippen molar-refractivity contribution < 1.29 is 9.26 Å². The van der Waals surface area contributed by atoms with E-state index in [9.17, 15) is 0 Å². The Morgan fingerprint density at radius 1 is 1.19 bits per heavy atom. The quantitative estimate of drug-likeness (QED) is 0.631.